The molecule has 1 aliphatic rings. The van der Waals surface area contributed by atoms with Crippen molar-refractivity contribution in [2.45, 2.75) is 12.6 Å². The third-order valence-corrected chi connectivity index (χ3v) is 2.94. The number of rotatable bonds is 5. The van der Waals surface area contributed by atoms with Crippen LogP contribution in [-0.2, 0) is 11.3 Å². The number of morpholine rings is 1. The van der Waals surface area contributed by atoms with Gasteiger partial charge in [-0.2, -0.15) is 0 Å². The SMILES string of the molecule is COc1cccc(CN(C)CC2CNCCO2)n1. The van der Waals surface area contributed by atoms with Crippen molar-refractivity contribution in [1.29, 1.82) is 0 Å². The van der Waals surface area contributed by atoms with E-state index in [-0.39, 0.29) is 6.10 Å². The quantitative estimate of drug-likeness (QED) is 0.826. The predicted molar refractivity (Wildman–Crippen MR) is 69.7 cm³/mol. The van der Waals surface area contributed by atoms with Gasteiger partial charge in [-0.15, -0.1) is 0 Å². The summed E-state index contributed by atoms with van der Waals surface area (Å²) in [5, 5.41) is 3.34. The van der Waals surface area contributed by atoms with E-state index in [0.29, 0.717) is 5.88 Å². The first kappa shape index (κ1) is 13.3. The van der Waals surface area contributed by atoms with Gasteiger partial charge in [-0.3, -0.25) is 4.90 Å². The minimum atomic E-state index is 0.273. The minimum Gasteiger partial charge on any atom is -0.481 e. The number of nitrogens with zero attached hydrogens (tertiary/aromatic N) is 2. The van der Waals surface area contributed by atoms with Crippen molar-refractivity contribution >= 4 is 0 Å². The average molecular weight is 251 g/mol. The second-order valence-corrected chi connectivity index (χ2v) is 4.56. The van der Waals surface area contributed by atoms with Gasteiger partial charge < -0.3 is 14.8 Å². The fraction of sp³-hybridized carbons (Fsp3) is 0.615. The van der Waals surface area contributed by atoms with Crippen LogP contribution in [0.1, 0.15) is 5.69 Å². The molecule has 18 heavy (non-hydrogen) atoms. The highest BCUT2D eigenvalue weighted by molar-refractivity contribution is 5.15. The Hall–Kier alpha value is -1.17. The van der Waals surface area contributed by atoms with Gasteiger partial charge in [0, 0.05) is 32.2 Å². The summed E-state index contributed by atoms with van der Waals surface area (Å²) >= 11 is 0. The number of likely N-dealkylation sites (N-methyl/N-ethyl adjacent to an activating group) is 1. The smallest absolute Gasteiger partial charge is 0.213 e. The lowest BCUT2D eigenvalue weighted by molar-refractivity contribution is 0.00866. The summed E-state index contributed by atoms with van der Waals surface area (Å²) in [5.74, 6) is 0.663. The standard InChI is InChI=1S/C13H21N3O2/c1-16(10-12-8-14-6-7-18-12)9-11-4-3-5-13(15-11)17-2/h3-5,12,14H,6-10H2,1-2H3. The van der Waals surface area contributed by atoms with Crippen molar-refractivity contribution in [1.82, 2.24) is 15.2 Å². The predicted octanol–water partition coefficient (Wildman–Crippen LogP) is 0.510. The second kappa shape index (κ2) is 6.68. The molecule has 100 valence electrons. The molecular formula is C13H21N3O2. The maximum Gasteiger partial charge on any atom is 0.213 e. The molecule has 0 saturated carbocycles. The topological polar surface area (TPSA) is 46.6 Å². The summed E-state index contributed by atoms with van der Waals surface area (Å²) in [6, 6.07) is 5.84. The van der Waals surface area contributed by atoms with Gasteiger partial charge in [0.25, 0.3) is 0 Å². The van der Waals surface area contributed by atoms with Crippen molar-refractivity contribution in [2.75, 3.05) is 40.4 Å². The van der Waals surface area contributed by atoms with E-state index in [2.05, 4.69) is 22.2 Å². The van der Waals surface area contributed by atoms with Gasteiger partial charge in [0.05, 0.1) is 25.5 Å². The highest BCUT2D eigenvalue weighted by atomic mass is 16.5. The van der Waals surface area contributed by atoms with E-state index in [0.717, 1.165) is 38.5 Å². The molecule has 0 aliphatic carbocycles. The number of hydrogen-bond acceptors (Lipinski definition) is 5. The fourth-order valence-electron chi connectivity index (χ4n) is 2.09. The zero-order valence-electron chi connectivity index (χ0n) is 11.1. The van der Waals surface area contributed by atoms with Crippen LogP contribution in [0.3, 0.4) is 0 Å². The molecule has 1 aliphatic heterocycles. The Kier molecular flexibility index (Phi) is 4.92. The summed E-state index contributed by atoms with van der Waals surface area (Å²) in [6.07, 6.45) is 0.273. The van der Waals surface area contributed by atoms with Gasteiger partial charge in [-0.05, 0) is 13.1 Å². The van der Waals surface area contributed by atoms with E-state index in [1.54, 1.807) is 7.11 Å². The molecule has 1 atom stereocenters. The van der Waals surface area contributed by atoms with Crippen LogP contribution in [0, 0.1) is 0 Å². The Labute approximate surface area is 108 Å². The largest absolute Gasteiger partial charge is 0.481 e. The summed E-state index contributed by atoms with van der Waals surface area (Å²) in [4.78, 5) is 6.63. The molecule has 1 saturated heterocycles. The lowest BCUT2D eigenvalue weighted by atomic mass is 10.2. The maximum atomic E-state index is 5.68. The van der Waals surface area contributed by atoms with Gasteiger partial charge in [0.2, 0.25) is 5.88 Å². The number of methoxy groups -OCH3 is 1. The zero-order valence-corrected chi connectivity index (χ0v) is 11.1. The van der Waals surface area contributed by atoms with Crippen molar-refractivity contribution < 1.29 is 9.47 Å². The second-order valence-electron chi connectivity index (χ2n) is 4.56. The molecule has 2 heterocycles. The summed E-state index contributed by atoms with van der Waals surface area (Å²) in [7, 11) is 3.72. The molecule has 5 heteroatoms. The summed E-state index contributed by atoms with van der Waals surface area (Å²) in [5.41, 5.74) is 1.01. The monoisotopic (exact) mass is 251 g/mol. The molecule has 0 aromatic carbocycles. The summed E-state index contributed by atoms with van der Waals surface area (Å²) < 4.78 is 10.8. The Bertz CT molecular complexity index is 367. The highest BCUT2D eigenvalue weighted by Crippen LogP contribution is 2.09. The van der Waals surface area contributed by atoms with Crippen molar-refractivity contribution in [3.05, 3.63) is 23.9 Å². The van der Waals surface area contributed by atoms with Crippen LogP contribution < -0.4 is 10.1 Å². The Balaban J connectivity index is 1.83. The molecular weight excluding hydrogens is 230 g/mol. The number of nitrogens with one attached hydrogen (secondary N) is 1. The molecule has 0 spiro atoms. The van der Waals surface area contributed by atoms with Crippen molar-refractivity contribution in [2.24, 2.45) is 0 Å². The normalized spacial score (nSPS) is 20.1. The van der Waals surface area contributed by atoms with Crippen LogP contribution in [0.25, 0.3) is 0 Å². The highest BCUT2D eigenvalue weighted by Gasteiger charge is 2.15. The lowest BCUT2D eigenvalue weighted by Crippen LogP contribution is -2.44. The zero-order chi connectivity index (χ0) is 12.8. The van der Waals surface area contributed by atoms with E-state index < -0.39 is 0 Å². The van der Waals surface area contributed by atoms with Crippen LogP contribution in [0.15, 0.2) is 18.2 Å². The van der Waals surface area contributed by atoms with Crippen LogP contribution in [-0.4, -0.2) is 56.4 Å². The fourth-order valence-corrected chi connectivity index (χ4v) is 2.09. The van der Waals surface area contributed by atoms with Crippen molar-refractivity contribution in [3.63, 3.8) is 0 Å². The van der Waals surface area contributed by atoms with Crippen LogP contribution in [0.4, 0.5) is 0 Å². The number of pyridine rings is 1. The minimum absolute atomic E-state index is 0.273. The third-order valence-electron chi connectivity index (χ3n) is 2.94. The van der Waals surface area contributed by atoms with Gasteiger partial charge >= 0.3 is 0 Å². The van der Waals surface area contributed by atoms with E-state index in [1.165, 1.54) is 0 Å². The molecule has 0 radical (unpaired) electrons. The first-order valence-electron chi connectivity index (χ1n) is 6.28. The van der Waals surface area contributed by atoms with E-state index in [9.17, 15) is 0 Å². The molecule has 1 aromatic rings. The molecule has 2 rings (SSSR count). The van der Waals surface area contributed by atoms with Crippen molar-refractivity contribution in [3.8, 4) is 5.88 Å². The molecule has 1 unspecified atom stereocenters. The van der Waals surface area contributed by atoms with E-state index in [1.807, 2.05) is 18.2 Å². The Morgan fingerprint density at radius 2 is 2.44 bits per heavy atom. The lowest BCUT2D eigenvalue weighted by Gasteiger charge is -2.27. The number of hydrogen-bond donors (Lipinski definition) is 1. The Morgan fingerprint density at radius 1 is 1.56 bits per heavy atom. The Morgan fingerprint density at radius 3 is 3.17 bits per heavy atom. The molecule has 1 N–H and O–H groups in total. The van der Waals surface area contributed by atoms with Gasteiger partial charge in [0.15, 0.2) is 0 Å². The van der Waals surface area contributed by atoms with Gasteiger partial charge in [0.1, 0.15) is 0 Å². The first-order valence-corrected chi connectivity index (χ1v) is 6.28. The van der Waals surface area contributed by atoms with E-state index >= 15 is 0 Å². The van der Waals surface area contributed by atoms with Crippen LogP contribution >= 0.6 is 0 Å². The average Bonchev–Trinajstić information content (AvgIpc) is 2.40. The molecule has 0 bridgehead atoms. The van der Waals surface area contributed by atoms with Crippen LogP contribution in [0.5, 0.6) is 5.88 Å². The van der Waals surface area contributed by atoms with Gasteiger partial charge in [-0.1, -0.05) is 6.07 Å². The maximum absolute atomic E-state index is 5.68. The van der Waals surface area contributed by atoms with E-state index in [4.69, 9.17) is 9.47 Å². The van der Waals surface area contributed by atoms with Gasteiger partial charge in [-0.25, -0.2) is 4.98 Å². The third kappa shape index (κ3) is 3.94. The van der Waals surface area contributed by atoms with Crippen LogP contribution in [0.2, 0.25) is 0 Å². The number of aromatic nitrogens is 1. The first-order chi connectivity index (χ1) is 8.78. The number of ether oxygens (including phenoxy) is 2. The molecule has 1 fully saturated rings. The molecule has 1 aromatic heterocycles. The summed E-state index contributed by atoms with van der Waals surface area (Å²) in [6.45, 7) is 4.40. The molecule has 0 amide bonds. The molecule has 5 nitrogen and oxygen atoms in total.